The summed E-state index contributed by atoms with van der Waals surface area (Å²) < 4.78 is 0. The van der Waals surface area contributed by atoms with Crippen LogP contribution in [0, 0.1) is 5.92 Å². The molecule has 25 heavy (non-hydrogen) atoms. The lowest BCUT2D eigenvalue weighted by molar-refractivity contribution is -0.135. The van der Waals surface area contributed by atoms with E-state index in [0.29, 0.717) is 31.5 Å². The summed E-state index contributed by atoms with van der Waals surface area (Å²) in [4.78, 5) is 27.7. The van der Waals surface area contributed by atoms with Gasteiger partial charge in [-0.3, -0.25) is 4.79 Å². The summed E-state index contributed by atoms with van der Waals surface area (Å²) in [5, 5.41) is 21.8. The summed E-state index contributed by atoms with van der Waals surface area (Å²) in [7, 11) is 2.12. The number of hydrogen-bond donors (Lipinski definition) is 3. The molecule has 0 aromatic carbocycles. The molecule has 2 rings (SSSR count). The standard InChI is InChI=1S/C18H33N3O4/c1-5-16(22)13-10-12(20(4)11(2)3)6-7-15(13)21-9-8-14(17(21)23)19-18(24)25/h11-16,19,22H,5-10H2,1-4H3,(H,24,25)/t12-,13-,14+,15+,16?/m1/s1. The van der Waals surface area contributed by atoms with Gasteiger partial charge in [0.1, 0.15) is 6.04 Å². The third kappa shape index (κ3) is 4.44. The highest BCUT2D eigenvalue weighted by molar-refractivity contribution is 5.87. The highest BCUT2D eigenvalue weighted by Crippen LogP contribution is 2.36. The summed E-state index contributed by atoms with van der Waals surface area (Å²) in [5.74, 6) is -0.103. The number of carbonyl (C=O) groups is 2. The van der Waals surface area contributed by atoms with Crippen molar-refractivity contribution < 1.29 is 19.8 Å². The quantitative estimate of drug-likeness (QED) is 0.671. The van der Waals surface area contributed by atoms with E-state index in [9.17, 15) is 14.7 Å². The molecule has 7 heteroatoms. The van der Waals surface area contributed by atoms with Crippen molar-refractivity contribution in [2.24, 2.45) is 5.92 Å². The van der Waals surface area contributed by atoms with Gasteiger partial charge in [0.05, 0.1) is 6.10 Å². The van der Waals surface area contributed by atoms with Crippen LogP contribution in [0.5, 0.6) is 0 Å². The fourth-order valence-corrected chi connectivity index (χ4v) is 4.38. The zero-order valence-corrected chi connectivity index (χ0v) is 15.8. The molecule has 1 aliphatic heterocycles. The Morgan fingerprint density at radius 2 is 2.04 bits per heavy atom. The number of nitrogens with one attached hydrogen (secondary N) is 1. The minimum Gasteiger partial charge on any atom is -0.465 e. The second-order valence-corrected chi connectivity index (χ2v) is 7.76. The van der Waals surface area contributed by atoms with Crippen LogP contribution < -0.4 is 5.32 Å². The van der Waals surface area contributed by atoms with Gasteiger partial charge in [0.25, 0.3) is 0 Å². The number of amides is 2. The predicted molar refractivity (Wildman–Crippen MR) is 95.4 cm³/mol. The van der Waals surface area contributed by atoms with Crippen LogP contribution in [0.3, 0.4) is 0 Å². The molecule has 0 radical (unpaired) electrons. The molecular weight excluding hydrogens is 322 g/mol. The largest absolute Gasteiger partial charge is 0.465 e. The molecule has 2 amide bonds. The van der Waals surface area contributed by atoms with Gasteiger partial charge in [0.2, 0.25) is 5.91 Å². The van der Waals surface area contributed by atoms with E-state index in [4.69, 9.17) is 5.11 Å². The van der Waals surface area contributed by atoms with E-state index in [2.05, 4.69) is 31.1 Å². The maximum atomic E-state index is 12.6. The average Bonchev–Trinajstić information content (AvgIpc) is 2.92. The molecule has 0 spiro atoms. The van der Waals surface area contributed by atoms with Crippen molar-refractivity contribution in [3.05, 3.63) is 0 Å². The maximum Gasteiger partial charge on any atom is 0.405 e. The second-order valence-electron chi connectivity index (χ2n) is 7.76. The van der Waals surface area contributed by atoms with Crippen molar-refractivity contribution in [3.8, 4) is 0 Å². The lowest BCUT2D eigenvalue weighted by Crippen LogP contribution is -2.54. The van der Waals surface area contributed by atoms with Gasteiger partial charge in [-0.25, -0.2) is 4.79 Å². The molecular formula is C18H33N3O4. The van der Waals surface area contributed by atoms with Gasteiger partial charge in [0, 0.05) is 30.6 Å². The maximum absolute atomic E-state index is 12.6. The van der Waals surface area contributed by atoms with Crippen LogP contribution in [-0.2, 0) is 4.79 Å². The molecule has 1 saturated carbocycles. The number of likely N-dealkylation sites (tertiary alicyclic amines) is 1. The summed E-state index contributed by atoms with van der Waals surface area (Å²) in [6, 6.07) is 0.208. The monoisotopic (exact) mass is 355 g/mol. The molecule has 1 aliphatic carbocycles. The van der Waals surface area contributed by atoms with Crippen LogP contribution >= 0.6 is 0 Å². The van der Waals surface area contributed by atoms with Crippen molar-refractivity contribution in [1.29, 1.82) is 0 Å². The van der Waals surface area contributed by atoms with Crippen molar-refractivity contribution in [2.45, 2.75) is 83.1 Å². The fourth-order valence-electron chi connectivity index (χ4n) is 4.38. The van der Waals surface area contributed by atoms with Crippen LogP contribution in [0.15, 0.2) is 0 Å². The Hall–Kier alpha value is -1.34. The third-order valence-corrected chi connectivity index (χ3v) is 6.08. The Morgan fingerprint density at radius 1 is 1.36 bits per heavy atom. The van der Waals surface area contributed by atoms with Gasteiger partial charge in [-0.2, -0.15) is 0 Å². The van der Waals surface area contributed by atoms with Gasteiger partial charge in [-0.1, -0.05) is 6.92 Å². The van der Waals surface area contributed by atoms with E-state index in [1.807, 2.05) is 11.8 Å². The minimum atomic E-state index is -1.16. The molecule has 0 aromatic rings. The van der Waals surface area contributed by atoms with Crippen molar-refractivity contribution in [3.63, 3.8) is 0 Å². The highest BCUT2D eigenvalue weighted by atomic mass is 16.4. The topological polar surface area (TPSA) is 93.1 Å². The van der Waals surface area contributed by atoms with Gasteiger partial charge in [-0.05, 0) is 53.0 Å². The molecule has 1 saturated heterocycles. The van der Waals surface area contributed by atoms with E-state index >= 15 is 0 Å². The highest BCUT2D eigenvalue weighted by Gasteiger charge is 2.44. The number of carboxylic acid groups (broad SMARTS) is 1. The molecule has 1 unspecified atom stereocenters. The first kappa shape index (κ1) is 20.0. The van der Waals surface area contributed by atoms with Gasteiger partial charge < -0.3 is 25.3 Å². The normalized spacial score (nSPS) is 31.6. The van der Waals surface area contributed by atoms with E-state index in [0.717, 1.165) is 19.3 Å². The lowest BCUT2D eigenvalue weighted by atomic mass is 9.76. The number of aliphatic hydroxyl groups is 1. The smallest absolute Gasteiger partial charge is 0.405 e. The van der Waals surface area contributed by atoms with Crippen LogP contribution in [-0.4, -0.2) is 75.9 Å². The number of hydrogen-bond acceptors (Lipinski definition) is 4. The SMILES string of the molecule is CCC(O)[C@@H]1C[C@H](N(C)C(C)C)CC[C@@H]1N1CC[C@H](NC(=O)O)C1=O. The summed E-state index contributed by atoms with van der Waals surface area (Å²) in [6.45, 7) is 6.87. The number of rotatable bonds is 6. The average molecular weight is 355 g/mol. The Balaban J connectivity index is 2.11. The first-order chi connectivity index (χ1) is 11.8. The Labute approximate surface area is 150 Å². The third-order valence-electron chi connectivity index (χ3n) is 6.08. The lowest BCUT2D eigenvalue weighted by Gasteiger charge is -2.46. The zero-order valence-electron chi connectivity index (χ0n) is 15.8. The Kier molecular flexibility index (Phi) is 6.68. The molecule has 1 heterocycles. The Morgan fingerprint density at radius 3 is 2.60 bits per heavy atom. The number of carbonyl (C=O) groups excluding carboxylic acids is 1. The molecule has 3 N–H and O–H groups in total. The molecule has 144 valence electrons. The van der Waals surface area contributed by atoms with Crippen LogP contribution in [0.4, 0.5) is 4.79 Å². The molecule has 0 bridgehead atoms. The summed E-state index contributed by atoms with van der Waals surface area (Å²) in [6.07, 6.45) is 2.29. The molecule has 2 fully saturated rings. The first-order valence-electron chi connectivity index (χ1n) is 9.46. The minimum absolute atomic E-state index is 0.000132. The molecule has 5 atom stereocenters. The van der Waals surface area contributed by atoms with E-state index in [-0.39, 0.29) is 17.9 Å². The van der Waals surface area contributed by atoms with E-state index in [1.54, 1.807) is 0 Å². The van der Waals surface area contributed by atoms with E-state index in [1.165, 1.54) is 0 Å². The van der Waals surface area contributed by atoms with Gasteiger partial charge in [0.15, 0.2) is 0 Å². The van der Waals surface area contributed by atoms with Crippen molar-refractivity contribution >= 4 is 12.0 Å². The number of aliphatic hydroxyl groups excluding tert-OH is 1. The van der Waals surface area contributed by atoms with E-state index < -0.39 is 18.2 Å². The Bertz CT molecular complexity index is 485. The van der Waals surface area contributed by atoms with Gasteiger partial charge >= 0.3 is 6.09 Å². The molecule has 2 aliphatic rings. The number of nitrogens with zero attached hydrogens (tertiary/aromatic N) is 2. The first-order valence-corrected chi connectivity index (χ1v) is 9.46. The second kappa shape index (κ2) is 8.36. The fraction of sp³-hybridized carbons (Fsp3) is 0.889. The van der Waals surface area contributed by atoms with Gasteiger partial charge in [-0.15, -0.1) is 0 Å². The molecule has 7 nitrogen and oxygen atoms in total. The van der Waals surface area contributed by atoms with Crippen molar-refractivity contribution in [1.82, 2.24) is 15.1 Å². The summed E-state index contributed by atoms with van der Waals surface area (Å²) in [5.41, 5.74) is 0. The van der Waals surface area contributed by atoms with Crippen LogP contribution in [0.1, 0.15) is 52.9 Å². The van der Waals surface area contributed by atoms with Crippen molar-refractivity contribution in [2.75, 3.05) is 13.6 Å². The molecule has 0 aromatic heterocycles. The van der Waals surface area contributed by atoms with Crippen LogP contribution in [0.25, 0.3) is 0 Å². The predicted octanol–water partition coefficient (Wildman–Crippen LogP) is 1.50. The van der Waals surface area contributed by atoms with Crippen LogP contribution in [0.2, 0.25) is 0 Å². The summed E-state index contributed by atoms with van der Waals surface area (Å²) >= 11 is 0. The zero-order chi connectivity index (χ0) is 18.7.